The quantitative estimate of drug-likeness (QED) is 0.399. The Hall–Kier alpha value is -3.72. The van der Waals surface area contributed by atoms with E-state index in [-0.39, 0.29) is 23.1 Å². The number of piperazine rings is 1. The molecule has 2 heterocycles. The lowest BCUT2D eigenvalue weighted by Crippen LogP contribution is -2.48. The van der Waals surface area contributed by atoms with Crippen LogP contribution in [0.1, 0.15) is 32.9 Å². The molecule has 0 bridgehead atoms. The third-order valence-corrected chi connectivity index (χ3v) is 5.86. The summed E-state index contributed by atoms with van der Waals surface area (Å²) in [5.41, 5.74) is 3.16. The Balaban J connectivity index is 1.37. The molecular formula is C24H26N4O5. The highest BCUT2D eigenvalue weighted by atomic mass is 16.6. The van der Waals surface area contributed by atoms with E-state index in [1.165, 1.54) is 6.07 Å². The molecule has 0 unspecified atom stereocenters. The van der Waals surface area contributed by atoms with E-state index in [9.17, 15) is 14.9 Å². The van der Waals surface area contributed by atoms with Gasteiger partial charge in [-0.2, -0.15) is 0 Å². The van der Waals surface area contributed by atoms with Crippen LogP contribution in [0.15, 0.2) is 53.1 Å². The van der Waals surface area contributed by atoms with Gasteiger partial charge in [-0.05, 0) is 31.5 Å². The molecule has 9 heteroatoms. The summed E-state index contributed by atoms with van der Waals surface area (Å²) in [6.45, 7) is 7.12. The van der Waals surface area contributed by atoms with Gasteiger partial charge in [0.15, 0.2) is 0 Å². The van der Waals surface area contributed by atoms with Crippen molar-refractivity contribution in [3.63, 3.8) is 0 Å². The maximum Gasteiger partial charge on any atom is 0.269 e. The van der Waals surface area contributed by atoms with E-state index in [2.05, 4.69) is 10.1 Å². The van der Waals surface area contributed by atoms with Gasteiger partial charge in [-0.15, -0.1) is 0 Å². The van der Waals surface area contributed by atoms with E-state index in [1.807, 2.05) is 36.9 Å². The number of carbonyl (C=O) groups is 1. The molecule has 0 aliphatic carbocycles. The van der Waals surface area contributed by atoms with Crippen molar-refractivity contribution in [2.75, 3.05) is 26.2 Å². The van der Waals surface area contributed by atoms with Gasteiger partial charge < -0.3 is 14.2 Å². The Kier molecular flexibility index (Phi) is 6.69. The summed E-state index contributed by atoms with van der Waals surface area (Å²) in [5.74, 6) is 1.16. The second kappa shape index (κ2) is 9.83. The average Bonchev–Trinajstić information content (AvgIpc) is 3.15. The fourth-order valence-electron chi connectivity index (χ4n) is 3.93. The van der Waals surface area contributed by atoms with E-state index in [0.717, 1.165) is 16.8 Å². The molecule has 1 amide bonds. The van der Waals surface area contributed by atoms with Gasteiger partial charge in [-0.25, -0.2) is 0 Å². The summed E-state index contributed by atoms with van der Waals surface area (Å²) >= 11 is 0. The third kappa shape index (κ3) is 5.20. The number of ether oxygens (including phenoxy) is 1. The number of aryl methyl sites for hydroxylation is 2. The Morgan fingerprint density at radius 3 is 2.58 bits per heavy atom. The van der Waals surface area contributed by atoms with Crippen molar-refractivity contribution < 1.29 is 19.0 Å². The first kappa shape index (κ1) is 22.5. The molecule has 3 aromatic rings. The monoisotopic (exact) mass is 450 g/mol. The second-order valence-electron chi connectivity index (χ2n) is 8.08. The summed E-state index contributed by atoms with van der Waals surface area (Å²) in [4.78, 5) is 27.9. The van der Waals surface area contributed by atoms with Crippen LogP contribution >= 0.6 is 0 Å². The van der Waals surface area contributed by atoms with Crippen molar-refractivity contribution in [2.45, 2.75) is 27.0 Å². The SMILES string of the molecule is Cc1noc(C)c1COc1ccccc1C(=O)N1CCN(Cc2cccc([N+](=O)[O-])c2)CC1. The van der Waals surface area contributed by atoms with Gasteiger partial charge in [0.2, 0.25) is 0 Å². The van der Waals surface area contributed by atoms with Crippen molar-refractivity contribution in [3.05, 3.63) is 86.8 Å². The van der Waals surface area contributed by atoms with Crippen LogP contribution in [0.2, 0.25) is 0 Å². The molecule has 0 atom stereocenters. The number of hydrogen-bond acceptors (Lipinski definition) is 7. The van der Waals surface area contributed by atoms with E-state index >= 15 is 0 Å². The minimum atomic E-state index is -0.384. The normalized spacial score (nSPS) is 14.3. The third-order valence-electron chi connectivity index (χ3n) is 5.86. The first-order valence-electron chi connectivity index (χ1n) is 10.8. The smallest absolute Gasteiger partial charge is 0.269 e. The first-order valence-corrected chi connectivity index (χ1v) is 10.8. The van der Waals surface area contributed by atoms with Crippen molar-refractivity contribution in [2.24, 2.45) is 0 Å². The van der Waals surface area contributed by atoms with Crippen molar-refractivity contribution in [1.82, 2.24) is 15.0 Å². The molecule has 9 nitrogen and oxygen atoms in total. The number of nitro groups is 1. The number of aromatic nitrogens is 1. The molecule has 0 spiro atoms. The Morgan fingerprint density at radius 1 is 1.12 bits per heavy atom. The maximum atomic E-state index is 13.2. The molecule has 1 aliphatic heterocycles. The zero-order chi connectivity index (χ0) is 23.4. The fraction of sp³-hybridized carbons (Fsp3) is 0.333. The summed E-state index contributed by atoms with van der Waals surface area (Å²) in [7, 11) is 0. The van der Waals surface area contributed by atoms with Crippen LogP contribution in [-0.2, 0) is 13.2 Å². The van der Waals surface area contributed by atoms with E-state index < -0.39 is 0 Å². The molecule has 4 rings (SSSR count). The molecule has 1 aliphatic rings. The predicted molar refractivity (Wildman–Crippen MR) is 121 cm³/mol. The van der Waals surface area contributed by atoms with Crippen LogP contribution in [0.4, 0.5) is 5.69 Å². The lowest BCUT2D eigenvalue weighted by atomic mass is 10.1. The molecule has 33 heavy (non-hydrogen) atoms. The number of rotatable bonds is 7. The van der Waals surface area contributed by atoms with E-state index in [1.54, 1.807) is 24.3 Å². The minimum absolute atomic E-state index is 0.0700. The Labute approximate surface area is 191 Å². The van der Waals surface area contributed by atoms with E-state index in [0.29, 0.717) is 49.8 Å². The number of non-ortho nitro benzene ring substituents is 1. The minimum Gasteiger partial charge on any atom is -0.488 e. The lowest BCUT2D eigenvalue weighted by Gasteiger charge is -2.35. The van der Waals surface area contributed by atoms with Gasteiger partial charge in [-0.3, -0.25) is 19.8 Å². The zero-order valence-electron chi connectivity index (χ0n) is 18.7. The van der Waals surface area contributed by atoms with Crippen LogP contribution < -0.4 is 4.74 Å². The molecule has 1 saturated heterocycles. The van der Waals surface area contributed by atoms with Gasteiger partial charge in [0.05, 0.1) is 21.7 Å². The van der Waals surface area contributed by atoms with Crippen LogP contribution in [0.3, 0.4) is 0 Å². The van der Waals surface area contributed by atoms with Crippen molar-refractivity contribution in [3.8, 4) is 5.75 Å². The molecule has 1 aromatic heterocycles. The first-order chi connectivity index (χ1) is 15.9. The van der Waals surface area contributed by atoms with Crippen LogP contribution in [-0.4, -0.2) is 52.0 Å². The number of benzene rings is 2. The summed E-state index contributed by atoms with van der Waals surface area (Å²) in [6.07, 6.45) is 0. The number of hydrogen-bond donors (Lipinski definition) is 0. The average molecular weight is 450 g/mol. The van der Waals surface area contributed by atoms with Crippen LogP contribution in [0.5, 0.6) is 5.75 Å². The van der Waals surface area contributed by atoms with Gasteiger partial charge in [-0.1, -0.05) is 29.4 Å². The molecule has 0 radical (unpaired) electrons. The number of carbonyl (C=O) groups excluding carboxylic acids is 1. The molecule has 1 fully saturated rings. The predicted octanol–water partition coefficient (Wildman–Crippen LogP) is 3.74. The summed E-state index contributed by atoms with van der Waals surface area (Å²) in [5, 5.41) is 14.9. The molecule has 172 valence electrons. The highest BCUT2D eigenvalue weighted by Crippen LogP contribution is 2.24. The Morgan fingerprint density at radius 2 is 1.88 bits per heavy atom. The topological polar surface area (TPSA) is 102 Å². The van der Waals surface area contributed by atoms with Gasteiger partial charge in [0.25, 0.3) is 11.6 Å². The highest BCUT2D eigenvalue weighted by molar-refractivity contribution is 5.97. The standard InChI is InChI=1S/C24H26N4O5/c1-17-22(18(2)33-25-17)16-32-23-9-4-3-8-21(23)24(29)27-12-10-26(11-13-27)15-19-6-5-7-20(14-19)28(30)31/h3-9,14H,10-13,15-16H2,1-2H3. The van der Waals surface area contributed by atoms with E-state index in [4.69, 9.17) is 9.26 Å². The number of nitrogens with zero attached hydrogens (tertiary/aromatic N) is 4. The van der Waals surface area contributed by atoms with Gasteiger partial charge in [0, 0.05) is 44.9 Å². The number of amides is 1. The summed E-state index contributed by atoms with van der Waals surface area (Å²) in [6, 6.07) is 13.9. The van der Waals surface area contributed by atoms with Crippen LogP contribution in [0, 0.1) is 24.0 Å². The Bertz CT molecular complexity index is 1130. The van der Waals surface area contributed by atoms with Crippen molar-refractivity contribution >= 4 is 11.6 Å². The highest BCUT2D eigenvalue weighted by Gasteiger charge is 2.25. The largest absolute Gasteiger partial charge is 0.488 e. The molecule has 0 saturated carbocycles. The zero-order valence-corrected chi connectivity index (χ0v) is 18.7. The lowest BCUT2D eigenvalue weighted by molar-refractivity contribution is -0.384. The second-order valence-corrected chi connectivity index (χ2v) is 8.08. The van der Waals surface area contributed by atoms with Crippen LogP contribution in [0.25, 0.3) is 0 Å². The number of para-hydroxylation sites is 1. The summed E-state index contributed by atoms with van der Waals surface area (Å²) < 4.78 is 11.2. The van der Waals surface area contributed by atoms with Gasteiger partial charge in [0.1, 0.15) is 18.1 Å². The molecule has 0 N–H and O–H groups in total. The van der Waals surface area contributed by atoms with Crippen molar-refractivity contribution in [1.29, 1.82) is 0 Å². The van der Waals surface area contributed by atoms with Gasteiger partial charge >= 0.3 is 0 Å². The number of nitro benzene ring substituents is 1. The molecule has 2 aromatic carbocycles. The maximum absolute atomic E-state index is 13.2. The molecular weight excluding hydrogens is 424 g/mol. The fourth-order valence-corrected chi connectivity index (χ4v) is 3.93.